The van der Waals surface area contributed by atoms with E-state index in [9.17, 15) is 14.4 Å². The Kier molecular flexibility index (Phi) is 7.19. The van der Waals surface area contributed by atoms with Gasteiger partial charge in [-0.05, 0) is 59.1 Å². The normalized spacial score (nSPS) is 18.3. The molecule has 0 atom stereocenters. The smallest absolute Gasteiger partial charge is 0.262 e. The molecule has 1 saturated heterocycles. The van der Waals surface area contributed by atoms with E-state index < -0.39 is 5.54 Å². The van der Waals surface area contributed by atoms with Crippen molar-refractivity contribution >= 4 is 68.0 Å². The third kappa shape index (κ3) is 5.01. The number of carbonyl (C=O) groups is 3. The fourth-order valence-electron chi connectivity index (χ4n) is 4.11. The highest BCUT2D eigenvalue weighted by Gasteiger charge is 2.41. The predicted octanol–water partition coefficient (Wildman–Crippen LogP) is 4.60. The van der Waals surface area contributed by atoms with Crippen LogP contribution in [0.3, 0.4) is 0 Å². The van der Waals surface area contributed by atoms with Gasteiger partial charge < -0.3 is 20.3 Å². The number of carbonyl (C=O) groups excluding carboxylic acids is 3. The second kappa shape index (κ2) is 9.91. The van der Waals surface area contributed by atoms with Gasteiger partial charge in [0.15, 0.2) is 0 Å². The summed E-state index contributed by atoms with van der Waals surface area (Å²) in [5, 5.41) is 6.29. The van der Waals surface area contributed by atoms with Crippen LogP contribution in [0.5, 0.6) is 0 Å². The zero-order valence-electron chi connectivity index (χ0n) is 17.3. The first-order valence-corrected chi connectivity index (χ1v) is 12.4. The van der Waals surface area contributed by atoms with Gasteiger partial charge in [-0.3, -0.25) is 14.4 Å². The van der Waals surface area contributed by atoms with Crippen molar-refractivity contribution in [3.63, 3.8) is 0 Å². The highest BCUT2D eigenvalue weighted by Crippen LogP contribution is 2.33. The number of thiophene rings is 1. The Balaban J connectivity index is 1.51. The van der Waals surface area contributed by atoms with Crippen molar-refractivity contribution in [1.29, 1.82) is 0 Å². The lowest BCUT2D eigenvalue weighted by molar-refractivity contribution is -0.125. The Bertz CT molecular complexity index is 1040. The van der Waals surface area contributed by atoms with Crippen LogP contribution in [0.2, 0.25) is 5.02 Å². The lowest BCUT2D eigenvalue weighted by Gasteiger charge is -2.36. The molecule has 2 heterocycles. The number of ether oxygens (including phenoxy) is 1. The van der Waals surface area contributed by atoms with Gasteiger partial charge in [-0.15, -0.1) is 11.3 Å². The fraction of sp³-hybridized carbons (Fsp3) is 0.409. The molecule has 2 N–H and O–H groups in total. The van der Waals surface area contributed by atoms with E-state index in [-0.39, 0.29) is 24.3 Å². The topological polar surface area (TPSA) is 87.7 Å². The number of morpholine rings is 1. The van der Waals surface area contributed by atoms with E-state index in [2.05, 4.69) is 26.6 Å². The molecule has 7 nitrogen and oxygen atoms in total. The number of nitrogens with zero attached hydrogens (tertiary/aromatic N) is 1. The van der Waals surface area contributed by atoms with Crippen molar-refractivity contribution < 1.29 is 19.1 Å². The maximum Gasteiger partial charge on any atom is 0.262 e. The van der Waals surface area contributed by atoms with Crippen LogP contribution in [0.25, 0.3) is 0 Å². The summed E-state index contributed by atoms with van der Waals surface area (Å²) < 4.78 is 6.02. The SMILES string of the molecule is O=C(NC1(C(=O)Nc2ccc(N3CCOCC3=O)c(Cl)c2)CCCCC1)c1ccc(Br)s1. The molecule has 0 radical (unpaired) electrons. The number of nitrogens with one attached hydrogen (secondary N) is 2. The van der Waals surface area contributed by atoms with E-state index in [0.29, 0.717) is 47.3 Å². The van der Waals surface area contributed by atoms with E-state index >= 15 is 0 Å². The van der Waals surface area contributed by atoms with Gasteiger partial charge in [-0.1, -0.05) is 30.9 Å². The highest BCUT2D eigenvalue weighted by atomic mass is 79.9. The van der Waals surface area contributed by atoms with E-state index in [1.54, 1.807) is 29.2 Å². The molecule has 1 aromatic heterocycles. The second-order valence-corrected chi connectivity index (χ2v) is 10.8. The highest BCUT2D eigenvalue weighted by molar-refractivity contribution is 9.11. The monoisotopic (exact) mass is 539 g/mol. The molecule has 1 aliphatic heterocycles. The molecule has 0 spiro atoms. The quantitative estimate of drug-likeness (QED) is 0.580. The number of hydrogen-bond donors (Lipinski definition) is 2. The molecule has 32 heavy (non-hydrogen) atoms. The van der Waals surface area contributed by atoms with Crippen LogP contribution in [-0.2, 0) is 14.3 Å². The number of halogens is 2. The minimum Gasteiger partial charge on any atom is -0.370 e. The van der Waals surface area contributed by atoms with Crippen molar-refractivity contribution in [2.75, 3.05) is 30.0 Å². The first kappa shape index (κ1) is 23.2. The standard InChI is InChI=1S/C22H23BrClN3O4S/c23-18-7-6-17(32-18)20(29)26-22(8-2-1-3-9-22)21(30)25-14-4-5-16(15(24)12-14)27-10-11-31-13-19(27)28/h4-7,12H,1-3,8-11,13H2,(H,25,30)(H,26,29). The van der Waals surface area contributed by atoms with Gasteiger partial charge in [0, 0.05) is 12.2 Å². The molecule has 2 aliphatic rings. The number of benzene rings is 1. The Labute approximate surface area is 203 Å². The summed E-state index contributed by atoms with van der Waals surface area (Å²) in [6.45, 7) is 0.902. The van der Waals surface area contributed by atoms with Gasteiger partial charge in [0.1, 0.15) is 12.1 Å². The van der Waals surface area contributed by atoms with E-state index in [1.165, 1.54) is 11.3 Å². The molecule has 1 aromatic carbocycles. The molecule has 2 fully saturated rings. The summed E-state index contributed by atoms with van der Waals surface area (Å²) in [5.74, 6) is -0.664. The second-order valence-electron chi connectivity index (χ2n) is 7.92. The van der Waals surface area contributed by atoms with Crippen molar-refractivity contribution in [3.05, 3.63) is 44.0 Å². The van der Waals surface area contributed by atoms with Gasteiger partial charge in [0.25, 0.3) is 11.8 Å². The third-order valence-electron chi connectivity index (χ3n) is 5.77. The van der Waals surface area contributed by atoms with Crippen molar-refractivity contribution in [3.8, 4) is 0 Å². The predicted molar refractivity (Wildman–Crippen MR) is 129 cm³/mol. The van der Waals surface area contributed by atoms with Crippen LogP contribution in [0, 0.1) is 0 Å². The molecular weight excluding hydrogens is 518 g/mol. The summed E-state index contributed by atoms with van der Waals surface area (Å²) in [6, 6.07) is 8.62. The molecule has 10 heteroatoms. The fourth-order valence-corrected chi connectivity index (χ4v) is 5.67. The number of anilines is 2. The van der Waals surface area contributed by atoms with Crippen molar-refractivity contribution in [2.45, 2.75) is 37.6 Å². The summed E-state index contributed by atoms with van der Waals surface area (Å²) in [6.07, 6.45) is 3.90. The van der Waals surface area contributed by atoms with Crippen LogP contribution in [0.4, 0.5) is 11.4 Å². The third-order valence-corrected chi connectivity index (χ3v) is 7.70. The maximum atomic E-state index is 13.4. The Hall–Kier alpha value is -1.94. The lowest BCUT2D eigenvalue weighted by Crippen LogP contribution is -2.57. The Morgan fingerprint density at radius 3 is 2.59 bits per heavy atom. The minimum atomic E-state index is -0.975. The molecule has 3 amide bonds. The van der Waals surface area contributed by atoms with Gasteiger partial charge in [-0.25, -0.2) is 0 Å². The van der Waals surface area contributed by atoms with E-state index in [1.807, 2.05) is 6.07 Å². The molecule has 0 bridgehead atoms. The summed E-state index contributed by atoms with van der Waals surface area (Å²) in [5.41, 5.74) is 0.126. The molecule has 170 valence electrons. The summed E-state index contributed by atoms with van der Waals surface area (Å²) >= 11 is 11.1. The number of amides is 3. The van der Waals surface area contributed by atoms with E-state index in [0.717, 1.165) is 23.0 Å². The number of rotatable bonds is 5. The molecule has 1 saturated carbocycles. The van der Waals surface area contributed by atoms with Crippen LogP contribution >= 0.6 is 38.9 Å². The van der Waals surface area contributed by atoms with Crippen LogP contribution in [0.15, 0.2) is 34.1 Å². The Morgan fingerprint density at radius 1 is 1.16 bits per heavy atom. The average Bonchev–Trinajstić information content (AvgIpc) is 3.22. The first-order chi connectivity index (χ1) is 15.4. The molecule has 2 aromatic rings. The van der Waals surface area contributed by atoms with Gasteiger partial charge in [-0.2, -0.15) is 0 Å². The summed E-state index contributed by atoms with van der Waals surface area (Å²) in [7, 11) is 0. The van der Waals surface area contributed by atoms with Gasteiger partial charge in [0.05, 0.1) is 26.0 Å². The zero-order valence-corrected chi connectivity index (χ0v) is 20.4. The van der Waals surface area contributed by atoms with E-state index in [4.69, 9.17) is 16.3 Å². The largest absolute Gasteiger partial charge is 0.370 e. The maximum absolute atomic E-state index is 13.4. The molecule has 1 aliphatic carbocycles. The average molecular weight is 541 g/mol. The molecule has 4 rings (SSSR count). The van der Waals surface area contributed by atoms with Crippen LogP contribution in [-0.4, -0.2) is 43.0 Å². The number of hydrogen-bond acceptors (Lipinski definition) is 5. The van der Waals surface area contributed by atoms with Crippen LogP contribution < -0.4 is 15.5 Å². The van der Waals surface area contributed by atoms with Gasteiger partial charge >= 0.3 is 0 Å². The first-order valence-electron chi connectivity index (χ1n) is 10.4. The molecular formula is C22H23BrClN3O4S. The lowest BCUT2D eigenvalue weighted by atomic mass is 9.80. The zero-order chi connectivity index (χ0) is 22.7. The van der Waals surface area contributed by atoms with Crippen molar-refractivity contribution in [1.82, 2.24) is 5.32 Å². The van der Waals surface area contributed by atoms with Crippen molar-refractivity contribution in [2.24, 2.45) is 0 Å². The van der Waals surface area contributed by atoms with Gasteiger partial charge in [0.2, 0.25) is 5.91 Å². The summed E-state index contributed by atoms with van der Waals surface area (Å²) in [4.78, 5) is 40.4. The minimum absolute atomic E-state index is 0.0256. The molecule has 0 unspecified atom stereocenters. The van der Waals surface area contributed by atoms with Crippen LogP contribution in [0.1, 0.15) is 41.8 Å². The Morgan fingerprint density at radius 2 is 1.94 bits per heavy atom.